The minimum absolute atomic E-state index is 0.332. The summed E-state index contributed by atoms with van der Waals surface area (Å²) >= 11 is 5.91. The van der Waals surface area contributed by atoms with E-state index >= 15 is 0 Å². The Bertz CT molecular complexity index is 91.3. The Morgan fingerprint density at radius 1 is 1.60 bits per heavy atom. The maximum atomic E-state index is 5.91. The van der Waals surface area contributed by atoms with Crippen molar-refractivity contribution in [1.82, 2.24) is 5.32 Å². The molecule has 10 heavy (non-hydrogen) atoms. The van der Waals surface area contributed by atoms with Gasteiger partial charge in [0, 0.05) is 11.9 Å². The van der Waals surface area contributed by atoms with Crippen molar-refractivity contribution in [3.05, 3.63) is 0 Å². The lowest BCUT2D eigenvalue weighted by Crippen LogP contribution is -2.24. The van der Waals surface area contributed by atoms with Gasteiger partial charge in [0.25, 0.3) is 0 Å². The fraction of sp³-hybridized carbons (Fsp3) is 1.00. The van der Waals surface area contributed by atoms with E-state index < -0.39 is 0 Å². The van der Waals surface area contributed by atoms with Crippen LogP contribution >= 0.6 is 11.6 Å². The van der Waals surface area contributed by atoms with Crippen LogP contribution in [-0.4, -0.2) is 18.5 Å². The molecule has 2 heteroatoms. The van der Waals surface area contributed by atoms with Gasteiger partial charge in [0.15, 0.2) is 0 Å². The number of alkyl halides is 1. The Morgan fingerprint density at radius 2 is 2.30 bits per heavy atom. The molecule has 0 aromatic carbocycles. The highest BCUT2D eigenvalue weighted by molar-refractivity contribution is 6.20. The standard InChI is InChI=1S/C8H16ClN/c1-2-8(9)6-10-5-7-3-4-7/h7-8,10H,2-6H2,1H3. The molecule has 1 unspecified atom stereocenters. The lowest BCUT2D eigenvalue weighted by atomic mass is 10.3. The van der Waals surface area contributed by atoms with Gasteiger partial charge in [-0.3, -0.25) is 0 Å². The van der Waals surface area contributed by atoms with Crippen LogP contribution in [0.2, 0.25) is 0 Å². The van der Waals surface area contributed by atoms with E-state index in [0.717, 1.165) is 18.9 Å². The van der Waals surface area contributed by atoms with Gasteiger partial charge < -0.3 is 5.32 Å². The minimum Gasteiger partial charge on any atom is -0.315 e. The van der Waals surface area contributed by atoms with Gasteiger partial charge in [-0.2, -0.15) is 0 Å². The van der Waals surface area contributed by atoms with Crippen molar-refractivity contribution in [3.63, 3.8) is 0 Å². The van der Waals surface area contributed by atoms with Crippen LogP contribution in [0.15, 0.2) is 0 Å². The van der Waals surface area contributed by atoms with E-state index in [1.54, 1.807) is 0 Å². The number of nitrogens with one attached hydrogen (secondary N) is 1. The van der Waals surface area contributed by atoms with Crippen LogP contribution in [0.1, 0.15) is 26.2 Å². The van der Waals surface area contributed by atoms with Crippen molar-refractivity contribution in [2.24, 2.45) is 5.92 Å². The van der Waals surface area contributed by atoms with Crippen LogP contribution in [0.5, 0.6) is 0 Å². The predicted molar refractivity (Wildman–Crippen MR) is 45.5 cm³/mol. The Labute approximate surface area is 68.1 Å². The molecule has 1 aliphatic rings. The summed E-state index contributed by atoms with van der Waals surface area (Å²) in [5, 5.41) is 3.70. The highest BCUT2D eigenvalue weighted by Gasteiger charge is 2.20. The van der Waals surface area contributed by atoms with Crippen molar-refractivity contribution >= 4 is 11.6 Å². The number of rotatable bonds is 5. The maximum Gasteiger partial charge on any atom is 0.0458 e. The van der Waals surface area contributed by atoms with Crippen LogP contribution in [0, 0.1) is 5.92 Å². The van der Waals surface area contributed by atoms with Crippen molar-refractivity contribution in [2.75, 3.05) is 13.1 Å². The number of hydrogen-bond donors (Lipinski definition) is 1. The smallest absolute Gasteiger partial charge is 0.0458 e. The summed E-state index contributed by atoms with van der Waals surface area (Å²) in [6.07, 6.45) is 3.91. The molecule has 0 amide bonds. The minimum atomic E-state index is 0.332. The quantitative estimate of drug-likeness (QED) is 0.609. The van der Waals surface area contributed by atoms with E-state index in [9.17, 15) is 0 Å². The van der Waals surface area contributed by atoms with Gasteiger partial charge in [-0.25, -0.2) is 0 Å². The zero-order chi connectivity index (χ0) is 7.40. The summed E-state index contributed by atoms with van der Waals surface area (Å²) in [7, 11) is 0. The molecule has 0 radical (unpaired) electrons. The Kier molecular flexibility index (Phi) is 3.50. The van der Waals surface area contributed by atoms with E-state index in [-0.39, 0.29) is 0 Å². The van der Waals surface area contributed by atoms with E-state index in [4.69, 9.17) is 11.6 Å². The Morgan fingerprint density at radius 3 is 2.80 bits per heavy atom. The zero-order valence-corrected chi connectivity index (χ0v) is 7.32. The lowest BCUT2D eigenvalue weighted by molar-refractivity contribution is 0.612. The molecule has 0 spiro atoms. The van der Waals surface area contributed by atoms with E-state index in [2.05, 4.69) is 12.2 Å². The molecule has 0 bridgehead atoms. The highest BCUT2D eigenvalue weighted by atomic mass is 35.5. The first-order valence-electron chi connectivity index (χ1n) is 4.17. The van der Waals surface area contributed by atoms with Crippen molar-refractivity contribution in [3.8, 4) is 0 Å². The molecular formula is C8H16ClN. The first kappa shape index (κ1) is 8.35. The molecule has 0 saturated heterocycles. The van der Waals surface area contributed by atoms with Crippen LogP contribution in [0.4, 0.5) is 0 Å². The third kappa shape index (κ3) is 3.43. The van der Waals surface area contributed by atoms with Crippen LogP contribution in [0.25, 0.3) is 0 Å². The average molecular weight is 162 g/mol. The van der Waals surface area contributed by atoms with Gasteiger partial charge in [0.2, 0.25) is 0 Å². The van der Waals surface area contributed by atoms with Gasteiger partial charge >= 0.3 is 0 Å². The number of halogens is 1. The summed E-state index contributed by atoms with van der Waals surface area (Å²) in [5.74, 6) is 0.973. The fourth-order valence-corrected chi connectivity index (χ4v) is 1.02. The summed E-state index contributed by atoms with van der Waals surface area (Å²) in [6, 6.07) is 0. The maximum absolute atomic E-state index is 5.91. The first-order chi connectivity index (χ1) is 4.83. The Balaban J connectivity index is 1.83. The predicted octanol–water partition coefficient (Wildman–Crippen LogP) is 2.00. The normalized spacial score (nSPS) is 21.0. The molecule has 0 aromatic rings. The SMILES string of the molecule is CCC(Cl)CNCC1CC1. The summed E-state index contributed by atoms with van der Waals surface area (Å²) in [6.45, 7) is 4.29. The van der Waals surface area contributed by atoms with Crippen LogP contribution < -0.4 is 5.32 Å². The molecule has 1 fully saturated rings. The van der Waals surface area contributed by atoms with E-state index in [1.807, 2.05) is 0 Å². The van der Waals surface area contributed by atoms with Crippen molar-refractivity contribution < 1.29 is 0 Å². The lowest BCUT2D eigenvalue weighted by Gasteiger charge is -2.06. The largest absolute Gasteiger partial charge is 0.315 e. The third-order valence-electron chi connectivity index (χ3n) is 1.94. The molecule has 1 N–H and O–H groups in total. The molecule has 1 nitrogen and oxygen atoms in total. The highest BCUT2D eigenvalue weighted by Crippen LogP contribution is 2.27. The molecule has 0 heterocycles. The fourth-order valence-electron chi connectivity index (χ4n) is 0.910. The molecule has 0 aliphatic heterocycles. The van der Waals surface area contributed by atoms with E-state index in [1.165, 1.54) is 19.4 Å². The van der Waals surface area contributed by atoms with Crippen molar-refractivity contribution in [1.29, 1.82) is 0 Å². The van der Waals surface area contributed by atoms with Gasteiger partial charge in [-0.1, -0.05) is 6.92 Å². The average Bonchev–Trinajstić information content (AvgIpc) is 2.71. The van der Waals surface area contributed by atoms with E-state index in [0.29, 0.717) is 5.38 Å². The third-order valence-corrected chi connectivity index (χ3v) is 2.40. The molecule has 0 aromatic heterocycles. The molecule has 1 atom stereocenters. The molecule has 60 valence electrons. The summed E-state index contributed by atoms with van der Waals surface area (Å²) in [4.78, 5) is 0. The molecule has 1 aliphatic carbocycles. The Hall–Kier alpha value is 0.250. The van der Waals surface area contributed by atoms with Gasteiger partial charge in [-0.15, -0.1) is 11.6 Å². The zero-order valence-electron chi connectivity index (χ0n) is 6.57. The second-order valence-corrected chi connectivity index (χ2v) is 3.72. The van der Waals surface area contributed by atoms with Gasteiger partial charge in [-0.05, 0) is 31.7 Å². The topological polar surface area (TPSA) is 12.0 Å². The van der Waals surface area contributed by atoms with Gasteiger partial charge in [0.05, 0.1) is 0 Å². The summed E-state index contributed by atoms with van der Waals surface area (Å²) < 4.78 is 0. The van der Waals surface area contributed by atoms with Crippen molar-refractivity contribution in [2.45, 2.75) is 31.6 Å². The molecule has 1 saturated carbocycles. The first-order valence-corrected chi connectivity index (χ1v) is 4.61. The number of hydrogen-bond acceptors (Lipinski definition) is 1. The second kappa shape index (κ2) is 4.20. The van der Waals surface area contributed by atoms with Gasteiger partial charge in [0.1, 0.15) is 0 Å². The summed E-state index contributed by atoms with van der Waals surface area (Å²) in [5.41, 5.74) is 0. The monoisotopic (exact) mass is 161 g/mol. The molecule has 1 rings (SSSR count). The second-order valence-electron chi connectivity index (χ2n) is 3.11. The van der Waals surface area contributed by atoms with Crippen LogP contribution in [0.3, 0.4) is 0 Å². The van der Waals surface area contributed by atoms with Crippen LogP contribution in [-0.2, 0) is 0 Å². The molecular weight excluding hydrogens is 146 g/mol.